The number of aliphatic hydroxyl groups is 1. The molecule has 1 aromatic heterocycles. The number of esters is 1. The number of carbonyl (C=O) groups is 3. The van der Waals surface area contributed by atoms with E-state index in [1.165, 1.54) is 28.4 Å². The zero-order valence-corrected chi connectivity index (χ0v) is 18.2. The van der Waals surface area contributed by atoms with Crippen molar-refractivity contribution in [1.29, 1.82) is 0 Å². The first-order valence-electron chi connectivity index (χ1n) is 9.72. The molecule has 12 heteroatoms. The lowest BCUT2D eigenvalue weighted by atomic mass is 10.1. The van der Waals surface area contributed by atoms with Crippen LogP contribution in [-0.4, -0.2) is 65.6 Å². The number of benzene rings is 1. The highest BCUT2D eigenvalue weighted by Crippen LogP contribution is 2.23. The quantitative estimate of drug-likeness (QED) is 0.242. The number of nitrogens with one attached hydrogen (secondary N) is 2. The Morgan fingerprint density at radius 1 is 1.28 bits per heavy atom. The molecule has 0 unspecified atom stereocenters. The molecule has 0 radical (unpaired) electrons. The molecule has 11 nitrogen and oxygen atoms in total. The lowest BCUT2D eigenvalue weighted by Gasteiger charge is -2.20. The Balaban J connectivity index is 1.96. The van der Waals surface area contributed by atoms with E-state index in [0.717, 1.165) is 10.9 Å². The van der Waals surface area contributed by atoms with Crippen molar-refractivity contribution in [2.75, 3.05) is 38.2 Å². The SMILES string of the molecule is CCN(CC(=O)NCc1cccs1)C(=O)COC(=O)c1cc([N+](=O)[O-])ccc1NCCO. The molecular weight excluding hydrogens is 440 g/mol. The topological polar surface area (TPSA) is 151 Å². The molecule has 3 N–H and O–H groups in total. The van der Waals surface area contributed by atoms with Crippen molar-refractivity contribution >= 4 is 40.5 Å². The van der Waals surface area contributed by atoms with Gasteiger partial charge in [-0.05, 0) is 24.4 Å². The normalized spacial score (nSPS) is 10.3. The van der Waals surface area contributed by atoms with Crippen LogP contribution in [0.5, 0.6) is 0 Å². The molecular formula is C20H24N4O7S. The van der Waals surface area contributed by atoms with E-state index < -0.39 is 23.4 Å². The van der Waals surface area contributed by atoms with Gasteiger partial charge in [0.2, 0.25) is 5.91 Å². The number of nitrogens with zero attached hydrogens (tertiary/aromatic N) is 2. The van der Waals surface area contributed by atoms with Crippen LogP contribution in [0.3, 0.4) is 0 Å². The molecule has 0 fully saturated rings. The van der Waals surface area contributed by atoms with Gasteiger partial charge in [-0.1, -0.05) is 6.07 Å². The van der Waals surface area contributed by atoms with E-state index in [0.29, 0.717) is 6.54 Å². The monoisotopic (exact) mass is 464 g/mol. The summed E-state index contributed by atoms with van der Waals surface area (Å²) in [5, 5.41) is 27.4. The summed E-state index contributed by atoms with van der Waals surface area (Å²) < 4.78 is 5.04. The maximum Gasteiger partial charge on any atom is 0.341 e. The van der Waals surface area contributed by atoms with Gasteiger partial charge in [-0.2, -0.15) is 0 Å². The van der Waals surface area contributed by atoms with Crippen molar-refractivity contribution in [2.45, 2.75) is 13.5 Å². The Morgan fingerprint density at radius 3 is 2.69 bits per heavy atom. The summed E-state index contributed by atoms with van der Waals surface area (Å²) in [6, 6.07) is 7.30. The van der Waals surface area contributed by atoms with Gasteiger partial charge in [0.15, 0.2) is 6.61 Å². The van der Waals surface area contributed by atoms with Crippen LogP contribution in [0, 0.1) is 10.1 Å². The molecule has 0 aliphatic heterocycles. The minimum absolute atomic E-state index is 0.112. The van der Waals surface area contributed by atoms with Crippen LogP contribution in [0.15, 0.2) is 35.7 Å². The maximum atomic E-state index is 12.5. The van der Waals surface area contributed by atoms with Crippen molar-refractivity contribution in [3.63, 3.8) is 0 Å². The Labute approximate surface area is 188 Å². The van der Waals surface area contributed by atoms with Crippen LogP contribution in [-0.2, 0) is 20.9 Å². The average Bonchev–Trinajstić information content (AvgIpc) is 3.31. The van der Waals surface area contributed by atoms with E-state index in [2.05, 4.69) is 10.6 Å². The fourth-order valence-corrected chi connectivity index (χ4v) is 3.30. The van der Waals surface area contributed by atoms with Crippen molar-refractivity contribution < 1.29 is 29.2 Å². The summed E-state index contributed by atoms with van der Waals surface area (Å²) >= 11 is 1.50. The molecule has 0 aliphatic carbocycles. The largest absolute Gasteiger partial charge is 0.452 e. The first kappa shape index (κ1) is 24.8. The van der Waals surface area contributed by atoms with Gasteiger partial charge in [0.05, 0.1) is 30.2 Å². The van der Waals surface area contributed by atoms with Gasteiger partial charge in [0.1, 0.15) is 0 Å². The highest BCUT2D eigenvalue weighted by Gasteiger charge is 2.21. The highest BCUT2D eigenvalue weighted by atomic mass is 32.1. The van der Waals surface area contributed by atoms with E-state index in [-0.39, 0.29) is 49.1 Å². The van der Waals surface area contributed by atoms with Gasteiger partial charge in [-0.25, -0.2) is 4.79 Å². The van der Waals surface area contributed by atoms with Gasteiger partial charge in [-0.3, -0.25) is 19.7 Å². The third kappa shape index (κ3) is 7.32. The van der Waals surface area contributed by atoms with Gasteiger partial charge < -0.3 is 25.4 Å². The summed E-state index contributed by atoms with van der Waals surface area (Å²) in [6.07, 6.45) is 0. The number of carbonyl (C=O) groups excluding carboxylic acids is 3. The van der Waals surface area contributed by atoms with Crippen molar-refractivity contribution in [3.8, 4) is 0 Å². The number of non-ortho nitro benzene ring substituents is 1. The molecule has 2 rings (SSSR count). The zero-order valence-electron chi connectivity index (χ0n) is 17.4. The second kappa shape index (κ2) is 12.4. The molecule has 0 atom stereocenters. The molecule has 0 saturated heterocycles. The molecule has 172 valence electrons. The van der Waals surface area contributed by atoms with Gasteiger partial charge in [0.25, 0.3) is 11.6 Å². The van der Waals surface area contributed by atoms with Crippen molar-refractivity contribution in [3.05, 3.63) is 56.3 Å². The minimum Gasteiger partial charge on any atom is -0.452 e. The minimum atomic E-state index is -0.944. The first-order chi connectivity index (χ1) is 15.3. The number of thiophene rings is 1. The van der Waals surface area contributed by atoms with E-state index in [1.54, 1.807) is 6.92 Å². The number of ether oxygens (including phenoxy) is 1. The van der Waals surface area contributed by atoms with Crippen LogP contribution in [0.2, 0.25) is 0 Å². The number of anilines is 1. The fraction of sp³-hybridized carbons (Fsp3) is 0.350. The Morgan fingerprint density at radius 2 is 2.06 bits per heavy atom. The number of aliphatic hydroxyl groups excluding tert-OH is 1. The third-order valence-electron chi connectivity index (χ3n) is 4.30. The van der Waals surface area contributed by atoms with Crippen LogP contribution in [0.1, 0.15) is 22.2 Å². The molecule has 1 aromatic carbocycles. The second-order valence-electron chi connectivity index (χ2n) is 6.48. The summed E-state index contributed by atoms with van der Waals surface area (Å²) in [5.74, 6) is -1.88. The fourth-order valence-electron chi connectivity index (χ4n) is 2.66. The molecule has 0 bridgehead atoms. The number of hydrogen-bond donors (Lipinski definition) is 3. The Kier molecular flexibility index (Phi) is 9.57. The lowest BCUT2D eigenvalue weighted by Crippen LogP contribution is -2.42. The zero-order chi connectivity index (χ0) is 23.5. The predicted octanol–water partition coefficient (Wildman–Crippen LogP) is 1.38. The molecule has 2 amide bonds. The molecule has 2 aromatic rings. The second-order valence-corrected chi connectivity index (χ2v) is 7.51. The van der Waals surface area contributed by atoms with Crippen molar-refractivity contribution in [1.82, 2.24) is 10.2 Å². The van der Waals surface area contributed by atoms with Crippen LogP contribution in [0.4, 0.5) is 11.4 Å². The number of amides is 2. The third-order valence-corrected chi connectivity index (χ3v) is 5.17. The summed E-state index contributed by atoms with van der Waals surface area (Å²) in [6.45, 7) is 1.33. The number of nitro groups is 1. The van der Waals surface area contributed by atoms with Gasteiger partial charge in [-0.15, -0.1) is 11.3 Å². The molecule has 0 aliphatic rings. The Hall–Kier alpha value is -3.51. The number of hydrogen-bond acceptors (Lipinski definition) is 9. The number of likely N-dealkylation sites (N-methyl/N-ethyl adjacent to an activating group) is 1. The van der Waals surface area contributed by atoms with Crippen LogP contribution in [0.25, 0.3) is 0 Å². The average molecular weight is 465 g/mol. The van der Waals surface area contributed by atoms with E-state index in [1.807, 2.05) is 17.5 Å². The van der Waals surface area contributed by atoms with Crippen LogP contribution < -0.4 is 10.6 Å². The van der Waals surface area contributed by atoms with Gasteiger partial charge >= 0.3 is 5.97 Å². The smallest absolute Gasteiger partial charge is 0.341 e. The predicted molar refractivity (Wildman–Crippen MR) is 117 cm³/mol. The van der Waals surface area contributed by atoms with E-state index >= 15 is 0 Å². The van der Waals surface area contributed by atoms with Gasteiger partial charge in [0, 0.05) is 35.8 Å². The summed E-state index contributed by atoms with van der Waals surface area (Å²) in [5.41, 5.74) is -0.241. The standard InChI is InChI=1S/C20H24N4O7S/c1-2-23(12-18(26)22-11-15-4-3-9-32-15)19(27)13-31-20(28)16-10-14(24(29)30)5-6-17(16)21-7-8-25/h3-6,9-10,21,25H,2,7-8,11-13H2,1H3,(H,22,26). The highest BCUT2D eigenvalue weighted by molar-refractivity contribution is 7.09. The maximum absolute atomic E-state index is 12.5. The molecule has 0 spiro atoms. The summed E-state index contributed by atoms with van der Waals surface area (Å²) in [7, 11) is 0. The Bertz CT molecular complexity index is 949. The molecule has 32 heavy (non-hydrogen) atoms. The molecule has 0 saturated carbocycles. The first-order valence-corrected chi connectivity index (χ1v) is 10.6. The van der Waals surface area contributed by atoms with Crippen molar-refractivity contribution in [2.24, 2.45) is 0 Å². The lowest BCUT2D eigenvalue weighted by molar-refractivity contribution is -0.384. The molecule has 1 heterocycles. The number of rotatable bonds is 12. The van der Waals surface area contributed by atoms with E-state index in [9.17, 15) is 24.5 Å². The summed E-state index contributed by atoms with van der Waals surface area (Å²) in [4.78, 5) is 49.6. The van der Waals surface area contributed by atoms with E-state index in [4.69, 9.17) is 9.84 Å². The number of nitro benzene ring substituents is 1. The van der Waals surface area contributed by atoms with Crippen LogP contribution >= 0.6 is 11.3 Å².